The summed E-state index contributed by atoms with van der Waals surface area (Å²) in [4.78, 5) is 39.0. The predicted molar refractivity (Wildman–Crippen MR) is 80.5 cm³/mol. The lowest BCUT2D eigenvalue weighted by molar-refractivity contribution is -0.141. The second-order valence-electron chi connectivity index (χ2n) is 6.08. The van der Waals surface area contributed by atoms with Crippen molar-refractivity contribution >= 4 is 17.7 Å². The Kier molecular flexibility index (Phi) is 6.65. The monoisotopic (exact) mass is 297 g/mol. The fraction of sp³-hybridized carbons (Fsp3) is 0.800. The number of carbonyl (C=O) groups excluding carboxylic acids is 3. The Hall–Kier alpha value is -1.59. The summed E-state index contributed by atoms with van der Waals surface area (Å²) in [5.74, 6) is 0.0305. The number of hydrogen-bond donors (Lipinski definition) is 1. The molecule has 0 spiro atoms. The Labute approximate surface area is 126 Å². The zero-order valence-electron chi connectivity index (χ0n) is 13.5. The summed E-state index contributed by atoms with van der Waals surface area (Å²) in [5.41, 5.74) is 0. The van der Waals surface area contributed by atoms with Gasteiger partial charge in [-0.05, 0) is 13.8 Å². The molecule has 1 heterocycles. The van der Waals surface area contributed by atoms with E-state index in [1.807, 2.05) is 27.7 Å². The van der Waals surface area contributed by atoms with Gasteiger partial charge in [-0.1, -0.05) is 13.8 Å². The van der Waals surface area contributed by atoms with E-state index in [9.17, 15) is 14.4 Å². The van der Waals surface area contributed by atoms with Crippen LogP contribution in [-0.4, -0.2) is 59.7 Å². The van der Waals surface area contributed by atoms with E-state index in [0.717, 1.165) is 0 Å². The molecule has 0 saturated carbocycles. The molecule has 6 heteroatoms. The highest BCUT2D eigenvalue weighted by molar-refractivity contribution is 5.84. The fourth-order valence-corrected chi connectivity index (χ4v) is 2.31. The third-order valence-electron chi connectivity index (χ3n) is 3.45. The SMILES string of the molecule is CC(C)NC(=O)CCC(=O)N1CCN(C(=O)C(C)C)CC1. The highest BCUT2D eigenvalue weighted by atomic mass is 16.2. The smallest absolute Gasteiger partial charge is 0.225 e. The van der Waals surface area contributed by atoms with E-state index in [0.29, 0.717) is 26.2 Å². The summed E-state index contributed by atoms with van der Waals surface area (Å²) in [5, 5.41) is 2.77. The van der Waals surface area contributed by atoms with Crippen molar-refractivity contribution in [3.05, 3.63) is 0 Å². The molecule has 0 bridgehead atoms. The van der Waals surface area contributed by atoms with Crippen LogP contribution < -0.4 is 5.32 Å². The summed E-state index contributed by atoms with van der Waals surface area (Å²) in [7, 11) is 0. The normalized spacial score (nSPS) is 15.5. The van der Waals surface area contributed by atoms with Crippen molar-refractivity contribution in [3.63, 3.8) is 0 Å². The summed E-state index contributed by atoms with van der Waals surface area (Å²) >= 11 is 0. The molecular weight excluding hydrogens is 270 g/mol. The second kappa shape index (κ2) is 8.00. The topological polar surface area (TPSA) is 69.7 Å². The average Bonchev–Trinajstić information content (AvgIpc) is 2.43. The third-order valence-corrected chi connectivity index (χ3v) is 3.45. The molecule has 0 aromatic rings. The molecule has 0 aromatic carbocycles. The van der Waals surface area contributed by atoms with Crippen molar-refractivity contribution in [3.8, 4) is 0 Å². The van der Waals surface area contributed by atoms with Gasteiger partial charge in [0.25, 0.3) is 0 Å². The number of carbonyl (C=O) groups is 3. The lowest BCUT2D eigenvalue weighted by atomic mass is 10.1. The first-order valence-electron chi connectivity index (χ1n) is 7.67. The molecule has 1 saturated heterocycles. The van der Waals surface area contributed by atoms with Gasteiger partial charge in [0.1, 0.15) is 0 Å². The van der Waals surface area contributed by atoms with E-state index in [2.05, 4.69) is 5.32 Å². The minimum absolute atomic E-state index is 0.00743. The summed E-state index contributed by atoms with van der Waals surface area (Å²) in [6, 6.07) is 0.0955. The Balaban J connectivity index is 2.32. The van der Waals surface area contributed by atoms with E-state index in [-0.39, 0.29) is 42.5 Å². The molecule has 0 atom stereocenters. The molecule has 1 aliphatic rings. The van der Waals surface area contributed by atoms with Gasteiger partial charge < -0.3 is 15.1 Å². The quantitative estimate of drug-likeness (QED) is 0.808. The largest absolute Gasteiger partial charge is 0.354 e. The van der Waals surface area contributed by atoms with E-state index in [4.69, 9.17) is 0 Å². The fourth-order valence-electron chi connectivity index (χ4n) is 2.31. The van der Waals surface area contributed by atoms with E-state index in [1.165, 1.54) is 0 Å². The van der Waals surface area contributed by atoms with Crippen LogP contribution in [0, 0.1) is 5.92 Å². The first-order valence-corrected chi connectivity index (χ1v) is 7.67. The standard InChI is InChI=1S/C15H27N3O3/c1-11(2)15(21)18-9-7-17(8-10-18)14(20)6-5-13(19)16-12(3)4/h11-12H,5-10H2,1-4H3,(H,16,19). The minimum Gasteiger partial charge on any atom is -0.354 e. The third kappa shape index (κ3) is 5.73. The Morgan fingerprint density at radius 3 is 1.90 bits per heavy atom. The Bertz CT molecular complexity index is 386. The van der Waals surface area contributed by atoms with Crippen molar-refractivity contribution in [2.24, 2.45) is 5.92 Å². The molecule has 0 unspecified atom stereocenters. The second-order valence-corrected chi connectivity index (χ2v) is 6.08. The van der Waals surface area contributed by atoms with Crippen molar-refractivity contribution in [1.29, 1.82) is 0 Å². The molecule has 1 N–H and O–H groups in total. The van der Waals surface area contributed by atoms with Gasteiger partial charge in [0, 0.05) is 51.0 Å². The van der Waals surface area contributed by atoms with Gasteiger partial charge >= 0.3 is 0 Å². The number of rotatable bonds is 5. The minimum atomic E-state index is -0.0908. The van der Waals surface area contributed by atoms with Crippen molar-refractivity contribution in [2.45, 2.75) is 46.6 Å². The van der Waals surface area contributed by atoms with Crippen LogP contribution in [-0.2, 0) is 14.4 Å². The number of piperazine rings is 1. The van der Waals surface area contributed by atoms with Crippen LogP contribution in [0.1, 0.15) is 40.5 Å². The first kappa shape index (κ1) is 17.5. The summed E-state index contributed by atoms with van der Waals surface area (Å²) in [6.45, 7) is 9.84. The molecule has 120 valence electrons. The molecule has 1 fully saturated rings. The molecule has 0 aromatic heterocycles. The molecule has 0 radical (unpaired) electrons. The zero-order valence-corrected chi connectivity index (χ0v) is 13.5. The van der Waals surface area contributed by atoms with Crippen LogP contribution in [0.25, 0.3) is 0 Å². The van der Waals surface area contributed by atoms with Gasteiger partial charge in [0.05, 0.1) is 0 Å². The number of nitrogens with zero attached hydrogens (tertiary/aromatic N) is 2. The van der Waals surface area contributed by atoms with Crippen LogP contribution in [0.4, 0.5) is 0 Å². The van der Waals surface area contributed by atoms with Gasteiger partial charge in [0.15, 0.2) is 0 Å². The Morgan fingerprint density at radius 1 is 0.905 bits per heavy atom. The number of nitrogens with one attached hydrogen (secondary N) is 1. The van der Waals surface area contributed by atoms with Gasteiger partial charge in [-0.15, -0.1) is 0 Å². The van der Waals surface area contributed by atoms with Crippen molar-refractivity contribution < 1.29 is 14.4 Å². The highest BCUT2D eigenvalue weighted by Gasteiger charge is 2.25. The molecule has 6 nitrogen and oxygen atoms in total. The molecular formula is C15H27N3O3. The average molecular weight is 297 g/mol. The molecule has 21 heavy (non-hydrogen) atoms. The molecule has 3 amide bonds. The van der Waals surface area contributed by atoms with E-state index in [1.54, 1.807) is 9.80 Å². The maximum absolute atomic E-state index is 12.0. The lowest BCUT2D eigenvalue weighted by Gasteiger charge is -2.35. The first-order chi connectivity index (χ1) is 9.81. The maximum atomic E-state index is 12.0. The van der Waals surface area contributed by atoms with E-state index < -0.39 is 0 Å². The zero-order chi connectivity index (χ0) is 16.0. The van der Waals surface area contributed by atoms with Gasteiger partial charge in [-0.3, -0.25) is 14.4 Å². The highest BCUT2D eigenvalue weighted by Crippen LogP contribution is 2.09. The predicted octanol–water partition coefficient (Wildman–Crippen LogP) is 0.618. The number of amides is 3. The lowest BCUT2D eigenvalue weighted by Crippen LogP contribution is -2.51. The number of hydrogen-bond acceptors (Lipinski definition) is 3. The van der Waals surface area contributed by atoms with Gasteiger partial charge in [-0.2, -0.15) is 0 Å². The van der Waals surface area contributed by atoms with Crippen molar-refractivity contribution in [1.82, 2.24) is 15.1 Å². The van der Waals surface area contributed by atoms with Crippen molar-refractivity contribution in [2.75, 3.05) is 26.2 Å². The van der Waals surface area contributed by atoms with Crippen LogP contribution in [0.15, 0.2) is 0 Å². The van der Waals surface area contributed by atoms with Gasteiger partial charge in [-0.25, -0.2) is 0 Å². The summed E-state index contributed by atoms with van der Waals surface area (Å²) in [6.07, 6.45) is 0.457. The summed E-state index contributed by atoms with van der Waals surface area (Å²) < 4.78 is 0. The van der Waals surface area contributed by atoms with Gasteiger partial charge in [0.2, 0.25) is 17.7 Å². The van der Waals surface area contributed by atoms with Crippen LogP contribution in [0.5, 0.6) is 0 Å². The van der Waals surface area contributed by atoms with Crippen LogP contribution in [0.3, 0.4) is 0 Å². The Morgan fingerprint density at radius 2 is 1.43 bits per heavy atom. The maximum Gasteiger partial charge on any atom is 0.225 e. The van der Waals surface area contributed by atoms with Crippen LogP contribution in [0.2, 0.25) is 0 Å². The molecule has 0 aliphatic carbocycles. The van der Waals surface area contributed by atoms with Crippen LogP contribution >= 0.6 is 0 Å². The molecule has 1 aliphatic heterocycles. The van der Waals surface area contributed by atoms with E-state index >= 15 is 0 Å². The molecule has 1 rings (SSSR count).